The Hall–Kier alpha value is -1.55. The fourth-order valence-corrected chi connectivity index (χ4v) is 2.46. The largest absolute Gasteiger partial charge is 0.488 e. The van der Waals surface area contributed by atoms with Crippen LogP contribution in [-0.4, -0.2) is 28.4 Å². The van der Waals surface area contributed by atoms with Crippen molar-refractivity contribution in [2.24, 2.45) is 0 Å². The summed E-state index contributed by atoms with van der Waals surface area (Å²) in [6, 6.07) is 7.11. The Balaban J connectivity index is 2.07. The number of hydrogen-bond donors (Lipinski definition) is 2. The Bertz CT molecular complexity index is 464. The number of aliphatic carboxylic acids is 1. The maximum absolute atomic E-state index is 11.2. The molecule has 1 saturated carbocycles. The fourth-order valence-electron chi connectivity index (χ4n) is 2.46. The van der Waals surface area contributed by atoms with Crippen LogP contribution in [0.4, 0.5) is 0 Å². The molecular formula is C16H22O4. The zero-order valence-electron chi connectivity index (χ0n) is 12.0. The van der Waals surface area contributed by atoms with Gasteiger partial charge in [-0.3, -0.25) is 4.79 Å². The van der Waals surface area contributed by atoms with E-state index in [0.29, 0.717) is 5.75 Å². The Labute approximate surface area is 119 Å². The minimum absolute atomic E-state index is 0.151. The summed E-state index contributed by atoms with van der Waals surface area (Å²) in [5.41, 5.74) is -0.176. The Morgan fingerprint density at radius 1 is 1.20 bits per heavy atom. The highest BCUT2D eigenvalue weighted by molar-refractivity contribution is 5.80. The van der Waals surface area contributed by atoms with Gasteiger partial charge in [0.25, 0.3) is 0 Å². The van der Waals surface area contributed by atoms with E-state index in [1.54, 1.807) is 38.1 Å². The highest BCUT2D eigenvalue weighted by Gasteiger charge is 2.29. The van der Waals surface area contributed by atoms with Crippen molar-refractivity contribution in [2.75, 3.05) is 0 Å². The zero-order chi connectivity index (χ0) is 14.8. The molecule has 2 rings (SSSR count). The van der Waals surface area contributed by atoms with Gasteiger partial charge in [-0.25, -0.2) is 0 Å². The summed E-state index contributed by atoms with van der Waals surface area (Å²) in [5, 5.41) is 19.1. The molecule has 1 fully saturated rings. The van der Waals surface area contributed by atoms with E-state index in [2.05, 4.69) is 0 Å². The summed E-state index contributed by atoms with van der Waals surface area (Å²) in [4.78, 5) is 11.2. The second kappa shape index (κ2) is 5.83. The van der Waals surface area contributed by atoms with Crippen molar-refractivity contribution in [3.63, 3.8) is 0 Å². The van der Waals surface area contributed by atoms with Gasteiger partial charge in [0.2, 0.25) is 0 Å². The lowest BCUT2D eigenvalue weighted by Crippen LogP contribution is -2.34. The molecule has 0 heterocycles. The maximum Gasteiger partial charge on any atom is 0.313 e. The van der Waals surface area contributed by atoms with Gasteiger partial charge in [0.1, 0.15) is 11.9 Å². The lowest BCUT2D eigenvalue weighted by molar-refractivity contribution is -0.142. The molecule has 1 aromatic carbocycles. The Morgan fingerprint density at radius 3 is 2.35 bits per heavy atom. The van der Waals surface area contributed by atoms with Gasteiger partial charge in [-0.1, -0.05) is 18.6 Å². The molecule has 1 aromatic rings. The van der Waals surface area contributed by atoms with Crippen LogP contribution < -0.4 is 4.74 Å². The molecule has 0 bridgehead atoms. The van der Waals surface area contributed by atoms with Crippen LogP contribution in [-0.2, 0) is 10.2 Å². The first kappa shape index (κ1) is 14.9. The first-order valence-electron chi connectivity index (χ1n) is 7.10. The molecule has 0 saturated heterocycles. The maximum atomic E-state index is 11.2. The third-order valence-electron chi connectivity index (χ3n) is 4.07. The molecule has 20 heavy (non-hydrogen) atoms. The molecule has 0 spiro atoms. The van der Waals surface area contributed by atoms with Gasteiger partial charge in [-0.2, -0.15) is 0 Å². The van der Waals surface area contributed by atoms with E-state index in [1.807, 2.05) is 0 Å². The number of carboxylic acid groups (broad SMARTS) is 1. The SMILES string of the molecule is CC(C)(C(=O)O)c1ccc(OC2CCCCC2O)cc1. The van der Waals surface area contributed by atoms with Crippen molar-refractivity contribution in [3.05, 3.63) is 29.8 Å². The van der Waals surface area contributed by atoms with E-state index in [9.17, 15) is 15.0 Å². The second-order valence-electron chi connectivity index (χ2n) is 5.96. The van der Waals surface area contributed by atoms with Gasteiger partial charge >= 0.3 is 5.97 Å². The van der Waals surface area contributed by atoms with Gasteiger partial charge in [0.05, 0.1) is 11.5 Å². The summed E-state index contributed by atoms with van der Waals surface area (Å²) in [7, 11) is 0. The predicted molar refractivity (Wildman–Crippen MR) is 76.0 cm³/mol. The molecular weight excluding hydrogens is 256 g/mol. The first-order chi connectivity index (χ1) is 9.41. The number of carboxylic acids is 1. The van der Waals surface area contributed by atoms with Crippen LogP contribution in [0.25, 0.3) is 0 Å². The topological polar surface area (TPSA) is 66.8 Å². The van der Waals surface area contributed by atoms with Gasteiger partial charge in [-0.15, -0.1) is 0 Å². The molecule has 110 valence electrons. The van der Waals surface area contributed by atoms with E-state index in [1.165, 1.54) is 0 Å². The standard InChI is InChI=1S/C16H22O4/c1-16(2,15(18)19)11-7-9-12(10-8-11)20-14-6-4-3-5-13(14)17/h7-10,13-14,17H,3-6H2,1-2H3,(H,18,19). The third kappa shape index (κ3) is 3.12. The molecule has 1 aliphatic carbocycles. The minimum atomic E-state index is -0.914. The van der Waals surface area contributed by atoms with Crippen molar-refractivity contribution >= 4 is 5.97 Å². The molecule has 4 heteroatoms. The predicted octanol–water partition coefficient (Wildman–Crippen LogP) is 2.73. The van der Waals surface area contributed by atoms with E-state index in [-0.39, 0.29) is 6.10 Å². The van der Waals surface area contributed by atoms with E-state index < -0.39 is 17.5 Å². The minimum Gasteiger partial charge on any atom is -0.488 e. The van der Waals surface area contributed by atoms with E-state index in [4.69, 9.17) is 4.74 Å². The lowest BCUT2D eigenvalue weighted by Gasteiger charge is -2.28. The normalized spacial score (nSPS) is 23.4. The number of carbonyl (C=O) groups is 1. The molecule has 2 atom stereocenters. The van der Waals surface area contributed by atoms with Crippen molar-refractivity contribution < 1.29 is 19.7 Å². The van der Waals surface area contributed by atoms with Crippen LogP contribution in [0.15, 0.2) is 24.3 Å². The molecule has 0 aliphatic heterocycles. The van der Waals surface area contributed by atoms with Crippen molar-refractivity contribution in [1.82, 2.24) is 0 Å². The molecule has 2 N–H and O–H groups in total. The van der Waals surface area contributed by atoms with Crippen LogP contribution in [0.5, 0.6) is 5.75 Å². The number of aliphatic hydroxyl groups excluding tert-OH is 1. The average molecular weight is 278 g/mol. The summed E-state index contributed by atoms with van der Waals surface area (Å²) < 4.78 is 5.80. The van der Waals surface area contributed by atoms with Crippen LogP contribution >= 0.6 is 0 Å². The monoisotopic (exact) mass is 278 g/mol. The number of aliphatic hydroxyl groups is 1. The summed E-state index contributed by atoms with van der Waals surface area (Å²) in [6.07, 6.45) is 3.22. The van der Waals surface area contributed by atoms with Crippen LogP contribution in [0.3, 0.4) is 0 Å². The van der Waals surface area contributed by atoms with Crippen molar-refractivity contribution in [2.45, 2.75) is 57.2 Å². The van der Waals surface area contributed by atoms with E-state index in [0.717, 1.165) is 31.2 Å². The molecule has 1 aliphatic rings. The van der Waals surface area contributed by atoms with Crippen LogP contribution in [0.1, 0.15) is 45.1 Å². The zero-order valence-corrected chi connectivity index (χ0v) is 12.0. The summed E-state index contributed by atoms with van der Waals surface area (Å²) >= 11 is 0. The molecule has 0 aromatic heterocycles. The quantitative estimate of drug-likeness (QED) is 0.888. The fraction of sp³-hybridized carbons (Fsp3) is 0.562. The third-order valence-corrected chi connectivity index (χ3v) is 4.07. The number of rotatable bonds is 4. The van der Waals surface area contributed by atoms with Crippen molar-refractivity contribution in [3.8, 4) is 5.75 Å². The Morgan fingerprint density at radius 2 is 1.80 bits per heavy atom. The lowest BCUT2D eigenvalue weighted by atomic mass is 9.85. The first-order valence-corrected chi connectivity index (χ1v) is 7.10. The van der Waals surface area contributed by atoms with Crippen molar-refractivity contribution in [1.29, 1.82) is 0 Å². The second-order valence-corrected chi connectivity index (χ2v) is 5.96. The molecule has 2 unspecified atom stereocenters. The summed E-state index contributed by atoms with van der Waals surface area (Å²) in [5.74, 6) is -0.172. The van der Waals surface area contributed by atoms with Crippen LogP contribution in [0.2, 0.25) is 0 Å². The van der Waals surface area contributed by atoms with E-state index >= 15 is 0 Å². The van der Waals surface area contributed by atoms with Crippen LogP contribution in [0, 0.1) is 0 Å². The average Bonchev–Trinajstić information content (AvgIpc) is 2.42. The summed E-state index contributed by atoms with van der Waals surface area (Å²) in [6.45, 7) is 3.35. The van der Waals surface area contributed by atoms with Gasteiger partial charge in [-0.05, 0) is 50.8 Å². The van der Waals surface area contributed by atoms with Gasteiger partial charge in [0, 0.05) is 0 Å². The molecule has 4 nitrogen and oxygen atoms in total. The highest BCUT2D eigenvalue weighted by atomic mass is 16.5. The number of hydrogen-bond acceptors (Lipinski definition) is 3. The number of ether oxygens (including phenoxy) is 1. The number of benzene rings is 1. The Kier molecular flexibility index (Phi) is 4.33. The van der Waals surface area contributed by atoms with Gasteiger partial charge < -0.3 is 14.9 Å². The molecule has 0 radical (unpaired) electrons. The smallest absolute Gasteiger partial charge is 0.313 e. The molecule has 0 amide bonds. The highest BCUT2D eigenvalue weighted by Crippen LogP contribution is 2.28. The van der Waals surface area contributed by atoms with Gasteiger partial charge in [0.15, 0.2) is 0 Å².